The van der Waals surface area contributed by atoms with Gasteiger partial charge in [0.15, 0.2) is 0 Å². The number of hydrogen-bond donors (Lipinski definition) is 2. The van der Waals surface area contributed by atoms with Gasteiger partial charge in [-0.15, -0.1) is 0 Å². The highest BCUT2D eigenvalue weighted by molar-refractivity contribution is 5.82. The van der Waals surface area contributed by atoms with Gasteiger partial charge in [0.05, 0.1) is 11.4 Å². The molecule has 0 fully saturated rings. The SMILES string of the molecule is CCC(C)(C)OCCC(C)(C)C(=N)N. The minimum absolute atomic E-state index is 0.0626. The Morgan fingerprint density at radius 3 is 2.14 bits per heavy atom. The first kappa shape index (κ1) is 13.4. The van der Waals surface area contributed by atoms with Gasteiger partial charge in [0.25, 0.3) is 0 Å². The number of amidine groups is 1. The third-order valence-corrected chi connectivity index (χ3v) is 2.80. The Kier molecular flexibility index (Phi) is 4.59. The van der Waals surface area contributed by atoms with Crippen molar-refractivity contribution in [3.05, 3.63) is 0 Å². The highest BCUT2D eigenvalue weighted by Gasteiger charge is 2.23. The molecule has 0 rings (SSSR count). The molecule has 0 radical (unpaired) electrons. The summed E-state index contributed by atoms with van der Waals surface area (Å²) in [5.41, 5.74) is 5.17. The predicted molar refractivity (Wildman–Crippen MR) is 60.6 cm³/mol. The van der Waals surface area contributed by atoms with Crippen LogP contribution in [0, 0.1) is 10.8 Å². The van der Waals surface area contributed by atoms with E-state index in [4.69, 9.17) is 15.9 Å². The monoisotopic (exact) mass is 200 g/mol. The van der Waals surface area contributed by atoms with Crippen LogP contribution in [-0.2, 0) is 4.74 Å². The molecule has 3 nitrogen and oxygen atoms in total. The average Bonchev–Trinajstić information content (AvgIpc) is 2.03. The van der Waals surface area contributed by atoms with E-state index in [1.165, 1.54) is 0 Å². The Bertz CT molecular complexity index is 197. The van der Waals surface area contributed by atoms with Crippen LogP contribution in [0.25, 0.3) is 0 Å². The minimum atomic E-state index is -0.246. The van der Waals surface area contributed by atoms with Crippen LogP contribution in [0.1, 0.15) is 47.5 Å². The normalized spacial score (nSPS) is 12.9. The number of nitrogens with two attached hydrogens (primary N) is 1. The van der Waals surface area contributed by atoms with Gasteiger partial charge in [-0.2, -0.15) is 0 Å². The second-order valence-corrected chi connectivity index (χ2v) is 5.01. The van der Waals surface area contributed by atoms with Crippen molar-refractivity contribution in [2.75, 3.05) is 6.61 Å². The zero-order valence-corrected chi connectivity index (χ0v) is 10.1. The summed E-state index contributed by atoms with van der Waals surface area (Å²) in [6.07, 6.45) is 1.79. The first-order chi connectivity index (χ1) is 6.21. The highest BCUT2D eigenvalue weighted by Crippen LogP contribution is 2.22. The lowest BCUT2D eigenvalue weighted by Crippen LogP contribution is -2.33. The Labute approximate surface area is 87.5 Å². The summed E-state index contributed by atoms with van der Waals surface area (Å²) in [6.45, 7) is 10.9. The van der Waals surface area contributed by atoms with E-state index in [0.29, 0.717) is 6.61 Å². The molecule has 0 atom stereocenters. The fraction of sp³-hybridized carbons (Fsp3) is 0.909. The largest absolute Gasteiger partial charge is 0.387 e. The molecule has 0 spiro atoms. The summed E-state index contributed by atoms with van der Waals surface area (Å²) in [7, 11) is 0. The Morgan fingerprint density at radius 2 is 1.79 bits per heavy atom. The molecule has 0 bridgehead atoms. The third-order valence-electron chi connectivity index (χ3n) is 2.80. The molecule has 0 aromatic carbocycles. The maximum Gasteiger partial charge on any atom is 0.0963 e. The average molecular weight is 200 g/mol. The van der Waals surface area contributed by atoms with Crippen LogP contribution in [-0.4, -0.2) is 18.0 Å². The van der Waals surface area contributed by atoms with E-state index in [-0.39, 0.29) is 16.9 Å². The van der Waals surface area contributed by atoms with Crippen molar-refractivity contribution in [1.82, 2.24) is 0 Å². The van der Waals surface area contributed by atoms with Gasteiger partial charge in [-0.1, -0.05) is 20.8 Å². The Balaban J connectivity index is 3.91. The van der Waals surface area contributed by atoms with Crippen molar-refractivity contribution >= 4 is 5.84 Å². The van der Waals surface area contributed by atoms with E-state index >= 15 is 0 Å². The maximum atomic E-state index is 7.40. The van der Waals surface area contributed by atoms with Crippen molar-refractivity contribution in [3.63, 3.8) is 0 Å². The molecule has 0 saturated heterocycles. The molecule has 3 heteroatoms. The second kappa shape index (κ2) is 4.78. The lowest BCUT2D eigenvalue weighted by Gasteiger charge is -2.27. The van der Waals surface area contributed by atoms with Crippen LogP contribution >= 0.6 is 0 Å². The van der Waals surface area contributed by atoms with Crippen molar-refractivity contribution < 1.29 is 4.74 Å². The first-order valence-electron chi connectivity index (χ1n) is 5.20. The molecule has 0 heterocycles. The Hall–Kier alpha value is -0.570. The fourth-order valence-electron chi connectivity index (χ4n) is 0.819. The van der Waals surface area contributed by atoms with Crippen LogP contribution in [0.3, 0.4) is 0 Å². The van der Waals surface area contributed by atoms with Crippen molar-refractivity contribution in [1.29, 1.82) is 5.41 Å². The van der Waals surface area contributed by atoms with E-state index in [1.54, 1.807) is 0 Å². The molecular formula is C11H24N2O. The topological polar surface area (TPSA) is 59.1 Å². The van der Waals surface area contributed by atoms with Crippen molar-refractivity contribution in [2.45, 2.75) is 53.1 Å². The number of rotatable bonds is 6. The fourth-order valence-corrected chi connectivity index (χ4v) is 0.819. The lowest BCUT2D eigenvalue weighted by molar-refractivity contribution is -0.0270. The molecule has 0 aromatic rings. The van der Waals surface area contributed by atoms with Crippen LogP contribution in [0.2, 0.25) is 0 Å². The maximum absolute atomic E-state index is 7.40. The van der Waals surface area contributed by atoms with Crippen LogP contribution in [0.15, 0.2) is 0 Å². The summed E-state index contributed by atoms with van der Waals surface area (Å²) in [6, 6.07) is 0. The summed E-state index contributed by atoms with van der Waals surface area (Å²) in [4.78, 5) is 0. The van der Waals surface area contributed by atoms with Gasteiger partial charge in [0, 0.05) is 12.0 Å². The highest BCUT2D eigenvalue weighted by atomic mass is 16.5. The van der Waals surface area contributed by atoms with Crippen LogP contribution in [0.4, 0.5) is 0 Å². The molecule has 0 aliphatic carbocycles. The van der Waals surface area contributed by atoms with Gasteiger partial charge in [0.1, 0.15) is 0 Å². The summed E-state index contributed by atoms with van der Waals surface area (Å²) >= 11 is 0. The standard InChI is InChI=1S/C11H24N2O/c1-6-11(4,5)14-8-7-10(2,3)9(12)13/h6-8H2,1-5H3,(H3,12,13). The molecular weight excluding hydrogens is 176 g/mol. The molecule has 0 aliphatic rings. The van der Waals surface area contributed by atoms with Gasteiger partial charge in [-0.05, 0) is 26.7 Å². The number of hydrogen-bond acceptors (Lipinski definition) is 2. The molecule has 84 valence electrons. The molecule has 0 aromatic heterocycles. The van der Waals surface area contributed by atoms with Crippen molar-refractivity contribution in [3.8, 4) is 0 Å². The van der Waals surface area contributed by atoms with E-state index in [1.807, 2.05) is 13.8 Å². The lowest BCUT2D eigenvalue weighted by atomic mass is 9.88. The van der Waals surface area contributed by atoms with E-state index in [0.717, 1.165) is 12.8 Å². The van der Waals surface area contributed by atoms with Crippen LogP contribution in [0.5, 0.6) is 0 Å². The zero-order chi connectivity index (χ0) is 11.4. The van der Waals surface area contributed by atoms with E-state index in [2.05, 4.69) is 20.8 Å². The summed E-state index contributed by atoms with van der Waals surface area (Å²) < 4.78 is 5.71. The third kappa shape index (κ3) is 4.61. The van der Waals surface area contributed by atoms with E-state index < -0.39 is 0 Å². The number of nitrogens with one attached hydrogen (secondary N) is 1. The molecule has 0 saturated carbocycles. The molecule has 0 unspecified atom stereocenters. The van der Waals surface area contributed by atoms with Gasteiger partial charge in [0.2, 0.25) is 0 Å². The second-order valence-electron chi connectivity index (χ2n) is 5.01. The minimum Gasteiger partial charge on any atom is -0.387 e. The summed E-state index contributed by atoms with van der Waals surface area (Å²) in [5.74, 6) is 0.232. The van der Waals surface area contributed by atoms with Crippen LogP contribution < -0.4 is 5.73 Å². The molecule has 0 amide bonds. The molecule has 14 heavy (non-hydrogen) atoms. The molecule has 3 N–H and O–H groups in total. The smallest absolute Gasteiger partial charge is 0.0963 e. The van der Waals surface area contributed by atoms with E-state index in [9.17, 15) is 0 Å². The van der Waals surface area contributed by atoms with Gasteiger partial charge < -0.3 is 10.5 Å². The Morgan fingerprint density at radius 1 is 1.29 bits per heavy atom. The first-order valence-corrected chi connectivity index (χ1v) is 5.20. The van der Waals surface area contributed by atoms with Gasteiger partial charge in [-0.3, -0.25) is 5.41 Å². The predicted octanol–water partition coefficient (Wildman–Crippen LogP) is 2.54. The zero-order valence-electron chi connectivity index (χ0n) is 10.1. The number of ether oxygens (including phenoxy) is 1. The molecule has 0 aliphatic heterocycles. The van der Waals surface area contributed by atoms with Gasteiger partial charge >= 0.3 is 0 Å². The summed E-state index contributed by atoms with van der Waals surface area (Å²) in [5, 5.41) is 7.40. The van der Waals surface area contributed by atoms with Gasteiger partial charge in [-0.25, -0.2) is 0 Å². The quantitative estimate of drug-likeness (QED) is 0.511. The van der Waals surface area contributed by atoms with Crippen molar-refractivity contribution in [2.24, 2.45) is 11.1 Å².